The predicted octanol–water partition coefficient (Wildman–Crippen LogP) is 3.54. The van der Waals surface area contributed by atoms with Crippen molar-refractivity contribution in [2.45, 2.75) is 6.54 Å². The van der Waals surface area contributed by atoms with Crippen molar-refractivity contribution in [2.24, 2.45) is 0 Å². The fourth-order valence-corrected chi connectivity index (χ4v) is 2.91. The lowest BCUT2D eigenvalue weighted by atomic mass is 10.0. The van der Waals surface area contributed by atoms with Crippen LogP contribution in [0.25, 0.3) is 11.1 Å². The minimum Gasteiger partial charge on any atom is -0.478 e. The molecule has 1 fully saturated rings. The van der Waals surface area contributed by atoms with Crippen LogP contribution in [0, 0.1) is 0 Å². The summed E-state index contributed by atoms with van der Waals surface area (Å²) in [6.45, 7) is 4.38. The van der Waals surface area contributed by atoms with Crippen molar-refractivity contribution in [3.63, 3.8) is 0 Å². The first-order chi connectivity index (χ1) is 11.1. The molecule has 1 N–H and O–H groups in total. The Morgan fingerprint density at radius 1 is 1.13 bits per heavy atom. The molecule has 2 aromatic rings. The fraction of sp³-hybridized carbons (Fsp3) is 0.278. The number of nitrogens with zero attached hydrogens (tertiary/aromatic N) is 1. The van der Waals surface area contributed by atoms with E-state index in [0.29, 0.717) is 5.02 Å². The number of hydrogen-bond acceptors (Lipinski definition) is 3. The van der Waals surface area contributed by atoms with Gasteiger partial charge in [0.25, 0.3) is 0 Å². The normalized spacial score (nSPS) is 15.5. The lowest BCUT2D eigenvalue weighted by Gasteiger charge is -2.26. The number of benzene rings is 2. The zero-order valence-corrected chi connectivity index (χ0v) is 13.4. The molecule has 1 aliphatic heterocycles. The highest BCUT2D eigenvalue weighted by molar-refractivity contribution is 6.33. The molecule has 0 aliphatic carbocycles. The smallest absolute Gasteiger partial charge is 0.335 e. The fourth-order valence-electron chi connectivity index (χ4n) is 2.69. The summed E-state index contributed by atoms with van der Waals surface area (Å²) < 4.78 is 5.35. The largest absolute Gasteiger partial charge is 0.478 e. The Kier molecular flexibility index (Phi) is 4.96. The van der Waals surface area contributed by atoms with E-state index >= 15 is 0 Å². The van der Waals surface area contributed by atoms with E-state index < -0.39 is 5.97 Å². The van der Waals surface area contributed by atoms with Gasteiger partial charge in [-0.3, -0.25) is 4.90 Å². The van der Waals surface area contributed by atoms with Crippen molar-refractivity contribution < 1.29 is 14.6 Å². The molecule has 1 aliphatic rings. The molecule has 4 nitrogen and oxygen atoms in total. The molecule has 0 atom stereocenters. The van der Waals surface area contributed by atoms with Crippen LogP contribution in [0.1, 0.15) is 15.9 Å². The molecule has 0 spiro atoms. The number of morpholine rings is 1. The number of aromatic carboxylic acids is 1. The van der Waals surface area contributed by atoms with Crippen LogP contribution < -0.4 is 0 Å². The standard InChI is InChI=1S/C18H18ClNO3/c19-17-6-5-15(18(21)22)11-16(17)14-3-1-13(2-4-14)12-20-7-9-23-10-8-20/h1-6,11H,7-10,12H2,(H,21,22). The Morgan fingerprint density at radius 2 is 1.83 bits per heavy atom. The Balaban J connectivity index is 1.79. The van der Waals surface area contributed by atoms with E-state index in [2.05, 4.69) is 17.0 Å². The Hall–Kier alpha value is -1.88. The first-order valence-electron chi connectivity index (χ1n) is 7.56. The molecule has 1 saturated heterocycles. The summed E-state index contributed by atoms with van der Waals surface area (Å²) in [5.41, 5.74) is 3.12. The first-order valence-corrected chi connectivity index (χ1v) is 7.93. The van der Waals surface area contributed by atoms with Crippen molar-refractivity contribution in [1.82, 2.24) is 4.90 Å². The average molecular weight is 332 g/mol. The van der Waals surface area contributed by atoms with Gasteiger partial charge in [-0.25, -0.2) is 4.79 Å². The number of rotatable bonds is 4. The topological polar surface area (TPSA) is 49.8 Å². The van der Waals surface area contributed by atoms with Gasteiger partial charge in [0.05, 0.1) is 18.8 Å². The van der Waals surface area contributed by atoms with Gasteiger partial charge in [0, 0.05) is 30.2 Å². The molecule has 0 aromatic heterocycles. The Bertz CT molecular complexity index is 694. The second-order valence-electron chi connectivity index (χ2n) is 5.59. The van der Waals surface area contributed by atoms with Gasteiger partial charge in [0.2, 0.25) is 0 Å². The predicted molar refractivity (Wildman–Crippen MR) is 89.9 cm³/mol. The maximum absolute atomic E-state index is 11.1. The zero-order valence-electron chi connectivity index (χ0n) is 12.7. The van der Waals surface area contributed by atoms with Gasteiger partial charge in [-0.1, -0.05) is 35.9 Å². The van der Waals surface area contributed by atoms with Crippen molar-refractivity contribution in [2.75, 3.05) is 26.3 Å². The molecule has 0 saturated carbocycles. The summed E-state index contributed by atoms with van der Waals surface area (Å²) in [5, 5.41) is 9.67. The monoisotopic (exact) mass is 331 g/mol. The van der Waals surface area contributed by atoms with Crippen LogP contribution in [0.2, 0.25) is 5.02 Å². The maximum atomic E-state index is 11.1. The average Bonchev–Trinajstić information content (AvgIpc) is 2.57. The third-order valence-electron chi connectivity index (χ3n) is 3.99. The SMILES string of the molecule is O=C(O)c1ccc(Cl)c(-c2ccc(CN3CCOCC3)cc2)c1. The van der Waals surface area contributed by atoms with E-state index in [1.807, 2.05) is 12.1 Å². The van der Waals surface area contributed by atoms with Gasteiger partial charge in [-0.2, -0.15) is 0 Å². The molecular formula is C18H18ClNO3. The minimum absolute atomic E-state index is 0.238. The summed E-state index contributed by atoms with van der Waals surface area (Å²) in [6.07, 6.45) is 0. The highest BCUT2D eigenvalue weighted by Crippen LogP contribution is 2.29. The second-order valence-corrected chi connectivity index (χ2v) is 5.99. The molecule has 0 unspecified atom stereocenters. The molecule has 1 heterocycles. The number of hydrogen-bond donors (Lipinski definition) is 1. The van der Waals surface area contributed by atoms with Crippen LogP contribution >= 0.6 is 11.6 Å². The molecule has 2 aromatic carbocycles. The van der Waals surface area contributed by atoms with E-state index in [1.165, 1.54) is 11.6 Å². The molecule has 3 rings (SSSR count). The lowest BCUT2D eigenvalue weighted by Crippen LogP contribution is -2.35. The van der Waals surface area contributed by atoms with Gasteiger partial charge in [0.1, 0.15) is 0 Å². The van der Waals surface area contributed by atoms with Gasteiger partial charge >= 0.3 is 5.97 Å². The quantitative estimate of drug-likeness (QED) is 0.931. The van der Waals surface area contributed by atoms with Crippen molar-refractivity contribution in [3.8, 4) is 11.1 Å². The van der Waals surface area contributed by atoms with E-state index in [4.69, 9.17) is 21.4 Å². The summed E-state index contributed by atoms with van der Waals surface area (Å²) in [6, 6.07) is 12.9. The maximum Gasteiger partial charge on any atom is 0.335 e. The lowest BCUT2D eigenvalue weighted by molar-refractivity contribution is 0.0342. The van der Waals surface area contributed by atoms with Crippen LogP contribution in [-0.4, -0.2) is 42.3 Å². The van der Waals surface area contributed by atoms with Crippen molar-refractivity contribution in [1.29, 1.82) is 0 Å². The minimum atomic E-state index is -0.952. The third kappa shape index (κ3) is 3.91. The molecule has 5 heteroatoms. The van der Waals surface area contributed by atoms with Crippen LogP contribution in [0.15, 0.2) is 42.5 Å². The molecule has 0 amide bonds. The van der Waals surface area contributed by atoms with Crippen molar-refractivity contribution in [3.05, 3.63) is 58.6 Å². The van der Waals surface area contributed by atoms with Crippen LogP contribution in [0.4, 0.5) is 0 Å². The number of carboxylic acids is 1. The molecule has 0 bridgehead atoms. The summed E-state index contributed by atoms with van der Waals surface area (Å²) in [7, 11) is 0. The molecule has 120 valence electrons. The summed E-state index contributed by atoms with van der Waals surface area (Å²) >= 11 is 6.22. The third-order valence-corrected chi connectivity index (χ3v) is 4.32. The number of halogens is 1. The van der Waals surface area contributed by atoms with Gasteiger partial charge < -0.3 is 9.84 Å². The van der Waals surface area contributed by atoms with E-state index in [9.17, 15) is 4.79 Å². The van der Waals surface area contributed by atoms with E-state index in [0.717, 1.165) is 44.0 Å². The molecule has 23 heavy (non-hydrogen) atoms. The first kappa shape index (κ1) is 16.0. The van der Waals surface area contributed by atoms with Crippen LogP contribution in [0.3, 0.4) is 0 Å². The molecular weight excluding hydrogens is 314 g/mol. The number of ether oxygens (including phenoxy) is 1. The van der Waals surface area contributed by atoms with Crippen LogP contribution in [-0.2, 0) is 11.3 Å². The van der Waals surface area contributed by atoms with Gasteiger partial charge in [-0.05, 0) is 29.3 Å². The van der Waals surface area contributed by atoms with Crippen molar-refractivity contribution >= 4 is 17.6 Å². The summed E-state index contributed by atoms with van der Waals surface area (Å²) in [5.74, 6) is -0.952. The number of carboxylic acid groups (broad SMARTS) is 1. The van der Waals surface area contributed by atoms with Gasteiger partial charge in [0.15, 0.2) is 0 Å². The molecule has 0 radical (unpaired) electrons. The highest BCUT2D eigenvalue weighted by Gasteiger charge is 2.12. The Morgan fingerprint density at radius 3 is 2.48 bits per heavy atom. The Labute approximate surface area is 140 Å². The zero-order chi connectivity index (χ0) is 16.2. The van der Waals surface area contributed by atoms with Gasteiger partial charge in [-0.15, -0.1) is 0 Å². The second kappa shape index (κ2) is 7.13. The van der Waals surface area contributed by atoms with Crippen LogP contribution in [0.5, 0.6) is 0 Å². The number of carbonyl (C=O) groups is 1. The van der Waals surface area contributed by atoms with E-state index in [-0.39, 0.29) is 5.56 Å². The summed E-state index contributed by atoms with van der Waals surface area (Å²) in [4.78, 5) is 13.5. The highest BCUT2D eigenvalue weighted by atomic mass is 35.5. The van der Waals surface area contributed by atoms with E-state index in [1.54, 1.807) is 12.1 Å².